The third-order valence-electron chi connectivity index (χ3n) is 6.74. The van der Waals surface area contributed by atoms with Crippen LogP contribution in [0.1, 0.15) is 13.8 Å². The Bertz CT molecular complexity index is 1680. The highest BCUT2D eigenvalue weighted by Gasteiger charge is 2.52. The topological polar surface area (TPSA) is 0 Å². The van der Waals surface area contributed by atoms with Gasteiger partial charge in [0.25, 0.3) is 0 Å². The van der Waals surface area contributed by atoms with Gasteiger partial charge in [0.2, 0.25) is 23.3 Å². The molecular formula is C27H6F20P2. The Morgan fingerprint density at radius 1 is 0.224 bits per heavy atom. The summed E-state index contributed by atoms with van der Waals surface area (Å²) in [6.45, 7) is -0.00676. The Kier molecular flexibility index (Phi) is 10.0. The lowest BCUT2D eigenvalue weighted by Gasteiger charge is -2.43. The van der Waals surface area contributed by atoms with Crippen LogP contribution in [0.3, 0.4) is 0 Å². The maximum Gasteiger partial charge on any atom is 0.200 e. The SMILES string of the molecule is CC(C)(P(c1c(F)c(F)c(F)c(F)c1F)c1c(F)c(F)c(F)c(F)c1F)P(c1c(F)c(F)c(F)c(F)c1F)c1c(F)c(F)c(F)c(F)c1F. The van der Waals surface area contributed by atoms with E-state index in [0.29, 0.717) is 0 Å². The molecule has 0 spiro atoms. The van der Waals surface area contributed by atoms with Crippen LogP contribution in [0.25, 0.3) is 0 Å². The van der Waals surface area contributed by atoms with Crippen LogP contribution in [0.15, 0.2) is 0 Å². The average molecular weight is 772 g/mol. The molecule has 0 aliphatic heterocycles. The Labute approximate surface area is 260 Å². The molecule has 0 aromatic heterocycles. The summed E-state index contributed by atoms with van der Waals surface area (Å²) in [4.78, 5) is -3.82. The fourth-order valence-corrected chi connectivity index (χ4v) is 11.6. The van der Waals surface area contributed by atoms with E-state index in [1.54, 1.807) is 0 Å². The second-order valence-corrected chi connectivity index (χ2v) is 15.6. The van der Waals surface area contributed by atoms with Crippen LogP contribution in [-0.4, -0.2) is 4.90 Å². The van der Waals surface area contributed by atoms with E-state index >= 15 is 35.1 Å². The van der Waals surface area contributed by atoms with E-state index in [2.05, 4.69) is 0 Å². The van der Waals surface area contributed by atoms with Crippen molar-refractivity contribution in [2.45, 2.75) is 18.7 Å². The van der Waals surface area contributed by atoms with E-state index < -0.39 is 158 Å². The molecular weight excluding hydrogens is 766 g/mol. The first-order valence-corrected chi connectivity index (χ1v) is 14.8. The van der Waals surface area contributed by atoms with E-state index in [1.807, 2.05) is 0 Å². The van der Waals surface area contributed by atoms with Crippen molar-refractivity contribution in [3.63, 3.8) is 0 Å². The molecule has 0 fully saturated rings. The number of hydrogen-bond acceptors (Lipinski definition) is 0. The molecule has 0 unspecified atom stereocenters. The van der Waals surface area contributed by atoms with Crippen LogP contribution < -0.4 is 21.2 Å². The standard InChI is InChI=1S/C27H6F20P2/c1-27(2,48(23-15(40)7(32)3(28)8(33)16(23)41)24-17(42)9(34)4(29)10(35)18(24)43)49(25-19(44)11(36)5(30)12(37)20(25)45)26-21(46)13(38)6(31)14(39)22(26)47/h1-2H3. The number of benzene rings is 4. The van der Waals surface area contributed by atoms with Gasteiger partial charge >= 0.3 is 0 Å². The average Bonchev–Trinajstić information content (AvgIpc) is 3.06. The number of rotatable bonds is 6. The van der Waals surface area contributed by atoms with Crippen molar-refractivity contribution in [3.05, 3.63) is 116 Å². The summed E-state index contributed by atoms with van der Waals surface area (Å²) in [6.07, 6.45) is 0. The van der Waals surface area contributed by atoms with Gasteiger partial charge in [0.05, 0.1) is 21.2 Å². The zero-order valence-electron chi connectivity index (χ0n) is 23.0. The predicted octanol–water partition coefficient (Wildman–Crippen LogP) is 8.77. The second-order valence-electron chi connectivity index (χ2n) is 9.84. The molecule has 0 atom stereocenters. The molecule has 0 nitrogen and oxygen atoms in total. The predicted molar refractivity (Wildman–Crippen MR) is 131 cm³/mol. The molecule has 0 radical (unpaired) electrons. The van der Waals surface area contributed by atoms with Crippen molar-refractivity contribution in [1.29, 1.82) is 0 Å². The van der Waals surface area contributed by atoms with Crippen molar-refractivity contribution in [3.8, 4) is 0 Å². The lowest BCUT2D eigenvalue weighted by atomic mass is 10.3. The van der Waals surface area contributed by atoms with Crippen molar-refractivity contribution < 1.29 is 87.8 Å². The third kappa shape index (κ3) is 5.49. The van der Waals surface area contributed by atoms with Gasteiger partial charge in [-0.25, -0.2) is 87.8 Å². The Morgan fingerprint density at radius 2 is 0.327 bits per heavy atom. The lowest BCUT2D eigenvalue weighted by molar-refractivity contribution is 0.382. The van der Waals surface area contributed by atoms with E-state index in [-0.39, 0.29) is 13.8 Å². The zero-order chi connectivity index (χ0) is 37.5. The molecule has 22 heteroatoms. The van der Waals surface area contributed by atoms with Crippen LogP contribution in [0.2, 0.25) is 0 Å². The number of halogens is 20. The van der Waals surface area contributed by atoms with Crippen LogP contribution in [-0.2, 0) is 0 Å². The first kappa shape index (κ1) is 38.1. The third-order valence-corrected chi connectivity index (χ3v) is 13.5. The van der Waals surface area contributed by atoms with Crippen molar-refractivity contribution in [1.82, 2.24) is 0 Å². The maximum atomic E-state index is 15.3. The van der Waals surface area contributed by atoms with Gasteiger partial charge < -0.3 is 0 Å². The highest BCUT2D eigenvalue weighted by Crippen LogP contribution is 2.67. The molecule has 0 aliphatic carbocycles. The first-order valence-electron chi connectivity index (χ1n) is 12.1. The van der Waals surface area contributed by atoms with Crippen LogP contribution in [0.5, 0.6) is 0 Å². The summed E-state index contributed by atoms with van der Waals surface area (Å²) in [5.74, 6) is -62.2. The summed E-state index contributed by atoms with van der Waals surface area (Å²) in [5.41, 5.74) is 0. The van der Waals surface area contributed by atoms with Gasteiger partial charge in [-0.1, -0.05) is 13.8 Å². The summed E-state index contributed by atoms with van der Waals surface area (Å²) >= 11 is 0. The van der Waals surface area contributed by atoms with Gasteiger partial charge in [-0.2, -0.15) is 0 Å². The van der Waals surface area contributed by atoms with Crippen molar-refractivity contribution in [2.24, 2.45) is 0 Å². The minimum Gasteiger partial charge on any atom is -0.203 e. The summed E-state index contributed by atoms with van der Waals surface area (Å²) in [6, 6.07) is 0. The van der Waals surface area contributed by atoms with Crippen LogP contribution >= 0.6 is 15.8 Å². The van der Waals surface area contributed by atoms with Crippen LogP contribution in [0, 0.1) is 116 Å². The van der Waals surface area contributed by atoms with E-state index in [1.165, 1.54) is 0 Å². The largest absolute Gasteiger partial charge is 0.203 e. The van der Waals surface area contributed by atoms with E-state index in [0.717, 1.165) is 0 Å². The molecule has 0 heterocycles. The highest BCUT2D eigenvalue weighted by atomic mass is 31.2. The van der Waals surface area contributed by atoms with Gasteiger partial charge in [-0.05, 0) is 15.8 Å². The van der Waals surface area contributed by atoms with Gasteiger partial charge in [0.15, 0.2) is 93.1 Å². The molecule has 0 N–H and O–H groups in total. The molecule has 0 aliphatic rings. The fourth-order valence-electron chi connectivity index (χ4n) is 4.58. The van der Waals surface area contributed by atoms with Gasteiger partial charge in [0, 0.05) is 4.90 Å². The maximum absolute atomic E-state index is 15.3. The molecule has 0 bridgehead atoms. The molecule has 4 rings (SSSR count). The molecule has 0 saturated heterocycles. The summed E-state index contributed by atoms with van der Waals surface area (Å²) in [7, 11) is -9.93. The lowest BCUT2D eigenvalue weighted by Crippen LogP contribution is -2.42. The monoisotopic (exact) mass is 772 g/mol. The van der Waals surface area contributed by atoms with E-state index in [4.69, 9.17) is 0 Å². The van der Waals surface area contributed by atoms with Gasteiger partial charge in [0.1, 0.15) is 0 Å². The molecule has 0 saturated carbocycles. The van der Waals surface area contributed by atoms with E-state index in [9.17, 15) is 52.7 Å². The molecule has 0 amide bonds. The summed E-state index contributed by atoms with van der Waals surface area (Å²) in [5, 5.41) is -10.6. The zero-order valence-corrected chi connectivity index (χ0v) is 24.7. The highest BCUT2D eigenvalue weighted by molar-refractivity contribution is 7.90. The summed E-state index contributed by atoms with van der Waals surface area (Å²) < 4.78 is 294. The second kappa shape index (κ2) is 12.9. The molecule has 4 aromatic carbocycles. The van der Waals surface area contributed by atoms with Crippen molar-refractivity contribution >= 4 is 37.1 Å². The minimum absolute atomic E-state index is 0.00338. The van der Waals surface area contributed by atoms with Crippen molar-refractivity contribution in [2.75, 3.05) is 0 Å². The van der Waals surface area contributed by atoms with Gasteiger partial charge in [-0.15, -0.1) is 0 Å². The van der Waals surface area contributed by atoms with Crippen LogP contribution in [0.4, 0.5) is 87.8 Å². The van der Waals surface area contributed by atoms with Gasteiger partial charge in [-0.3, -0.25) is 0 Å². The number of hydrogen-bond donors (Lipinski definition) is 0. The smallest absolute Gasteiger partial charge is 0.200 e. The minimum atomic E-state index is -4.97. The molecule has 49 heavy (non-hydrogen) atoms. The molecule has 4 aromatic rings. The Balaban J connectivity index is 2.40. The Hall–Kier alpha value is -3.66. The fraction of sp³-hybridized carbons (Fsp3) is 0.111. The normalized spacial score (nSPS) is 12.2. The quantitative estimate of drug-likeness (QED) is 0.0797. The molecule has 264 valence electrons. The first-order chi connectivity index (χ1) is 22.5. The Morgan fingerprint density at radius 3 is 0.449 bits per heavy atom.